The van der Waals surface area contributed by atoms with Crippen LogP contribution < -0.4 is 5.32 Å². The topological polar surface area (TPSA) is 49.3 Å². The van der Waals surface area contributed by atoms with E-state index in [1.165, 1.54) is 10.9 Å². The predicted octanol–water partition coefficient (Wildman–Crippen LogP) is 2.73. The molecule has 0 bridgehead atoms. The van der Waals surface area contributed by atoms with Crippen LogP contribution in [0.5, 0.6) is 5.75 Å². The summed E-state index contributed by atoms with van der Waals surface area (Å²) in [5.74, 6) is 0.00256. The second-order valence-electron chi connectivity index (χ2n) is 4.09. The SMILES string of the molecule is Cc1ccc(C(=O)NCCc2cccs2)cc1O. The molecule has 4 heteroatoms. The molecule has 0 radical (unpaired) electrons. The number of aromatic hydroxyl groups is 1. The lowest BCUT2D eigenvalue weighted by Gasteiger charge is -2.06. The average Bonchev–Trinajstić information content (AvgIpc) is 2.85. The molecule has 1 heterocycles. The van der Waals surface area contributed by atoms with Crippen molar-refractivity contribution in [3.63, 3.8) is 0 Å². The molecule has 1 aromatic heterocycles. The van der Waals surface area contributed by atoms with Crippen molar-refractivity contribution in [1.82, 2.24) is 5.32 Å². The van der Waals surface area contributed by atoms with Gasteiger partial charge in [-0.05, 0) is 42.5 Å². The summed E-state index contributed by atoms with van der Waals surface area (Å²) in [6.07, 6.45) is 0.835. The van der Waals surface area contributed by atoms with Crippen molar-refractivity contribution in [2.45, 2.75) is 13.3 Å². The van der Waals surface area contributed by atoms with E-state index in [1.807, 2.05) is 11.4 Å². The van der Waals surface area contributed by atoms with E-state index in [2.05, 4.69) is 11.4 Å². The summed E-state index contributed by atoms with van der Waals surface area (Å²) in [6, 6.07) is 9.00. The van der Waals surface area contributed by atoms with Crippen molar-refractivity contribution in [2.75, 3.05) is 6.54 Å². The Balaban J connectivity index is 1.89. The van der Waals surface area contributed by atoms with Crippen LogP contribution in [0.15, 0.2) is 35.7 Å². The molecule has 0 saturated heterocycles. The number of nitrogens with one attached hydrogen (secondary N) is 1. The molecule has 0 fully saturated rings. The molecule has 0 saturated carbocycles. The van der Waals surface area contributed by atoms with Crippen LogP contribution in [0.4, 0.5) is 0 Å². The van der Waals surface area contributed by atoms with Gasteiger partial charge in [0.15, 0.2) is 0 Å². The van der Waals surface area contributed by atoms with E-state index in [9.17, 15) is 9.90 Å². The number of carbonyl (C=O) groups is 1. The Bertz CT molecular complexity index is 535. The van der Waals surface area contributed by atoms with Gasteiger partial charge in [-0.15, -0.1) is 11.3 Å². The lowest BCUT2D eigenvalue weighted by Crippen LogP contribution is -2.25. The van der Waals surface area contributed by atoms with Gasteiger partial charge in [0, 0.05) is 17.0 Å². The van der Waals surface area contributed by atoms with Crippen LogP contribution in [0.1, 0.15) is 20.8 Å². The third-order valence-electron chi connectivity index (χ3n) is 2.71. The summed E-state index contributed by atoms with van der Waals surface area (Å²) >= 11 is 1.68. The summed E-state index contributed by atoms with van der Waals surface area (Å²) in [7, 11) is 0. The summed E-state index contributed by atoms with van der Waals surface area (Å²) in [5, 5.41) is 14.4. The Kier molecular flexibility index (Phi) is 3.99. The number of phenols is 1. The maximum Gasteiger partial charge on any atom is 0.251 e. The van der Waals surface area contributed by atoms with Crippen LogP contribution in [-0.4, -0.2) is 17.6 Å². The molecule has 0 aliphatic rings. The zero-order valence-corrected chi connectivity index (χ0v) is 11.0. The summed E-state index contributed by atoms with van der Waals surface area (Å²) in [4.78, 5) is 13.1. The molecule has 0 aliphatic carbocycles. The first-order valence-electron chi connectivity index (χ1n) is 5.77. The minimum absolute atomic E-state index is 0.151. The third kappa shape index (κ3) is 3.11. The monoisotopic (exact) mass is 261 g/mol. The van der Waals surface area contributed by atoms with E-state index in [4.69, 9.17) is 0 Å². The summed E-state index contributed by atoms with van der Waals surface area (Å²) < 4.78 is 0. The fourth-order valence-corrected chi connectivity index (χ4v) is 2.32. The zero-order chi connectivity index (χ0) is 13.0. The largest absolute Gasteiger partial charge is 0.508 e. The quantitative estimate of drug-likeness (QED) is 0.889. The fraction of sp³-hybridized carbons (Fsp3) is 0.214. The molecule has 1 aromatic carbocycles. The molecular formula is C14H15NO2S. The average molecular weight is 261 g/mol. The number of phenolic OH excluding ortho intramolecular Hbond substituents is 1. The van der Waals surface area contributed by atoms with Crippen molar-refractivity contribution in [3.05, 3.63) is 51.7 Å². The molecule has 3 nitrogen and oxygen atoms in total. The molecule has 0 unspecified atom stereocenters. The highest BCUT2D eigenvalue weighted by molar-refractivity contribution is 7.09. The lowest BCUT2D eigenvalue weighted by molar-refractivity contribution is 0.0954. The highest BCUT2D eigenvalue weighted by atomic mass is 32.1. The first-order valence-corrected chi connectivity index (χ1v) is 6.65. The third-order valence-corrected chi connectivity index (χ3v) is 3.64. The first kappa shape index (κ1) is 12.6. The predicted molar refractivity (Wildman–Crippen MR) is 73.2 cm³/mol. The molecule has 2 N–H and O–H groups in total. The summed E-state index contributed by atoms with van der Waals surface area (Å²) in [6.45, 7) is 2.40. The van der Waals surface area contributed by atoms with E-state index in [1.54, 1.807) is 30.4 Å². The lowest BCUT2D eigenvalue weighted by atomic mass is 10.1. The molecule has 0 aliphatic heterocycles. The Labute approximate surface area is 110 Å². The van der Waals surface area contributed by atoms with Crippen LogP contribution in [0.2, 0.25) is 0 Å². The van der Waals surface area contributed by atoms with Crippen LogP contribution >= 0.6 is 11.3 Å². The maximum atomic E-state index is 11.8. The van der Waals surface area contributed by atoms with E-state index in [0.29, 0.717) is 12.1 Å². The number of rotatable bonds is 4. The van der Waals surface area contributed by atoms with Crippen LogP contribution in [-0.2, 0) is 6.42 Å². The minimum Gasteiger partial charge on any atom is -0.508 e. The van der Waals surface area contributed by atoms with Gasteiger partial charge < -0.3 is 10.4 Å². The second kappa shape index (κ2) is 5.69. The maximum absolute atomic E-state index is 11.8. The zero-order valence-electron chi connectivity index (χ0n) is 10.1. The van der Waals surface area contributed by atoms with Crippen LogP contribution in [0.25, 0.3) is 0 Å². The number of aryl methyl sites for hydroxylation is 1. The molecule has 2 rings (SSSR count). The Morgan fingerprint density at radius 3 is 2.89 bits per heavy atom. The van der Waals surface area contributed by atoms with Gasteiger partial charge in [-0.1, -0.05) is 12.1 Å². The highest BCUT2D eigenvalue weighted by Gasteiger charge is 2.07. The van der Waals surface area contributed by atoms with Gasteiger partial charge in [-0.25, -0.2) is 0 Å². The Hall–Kier alpha value is -1.81. The Morgan fingerprint density at radius 1 is 1.39 bits per heavy atom. The smallest absolute Gasteiger partial charge is 0.251 e. The number of benzene rings is 1. The standard InChI is InChI=1S/C14H15NO2S/c1-10-4-5-11(9-13(10)16)14(17)15-7-6-12-3-2-8-18-12/h2-5,8-9,16H,6-7H2,1H3,(H,15,17). The highest BCUT2D eigenvalue weighted by Crippen LogP contribution is 2.17. The first-order chi connectivity index (χ1) is 8.66. The molecule has 1 amide bonds. The number of hydrogen-bond acceptors (Lipinski definition) is 3. The van der Waals surface area contributed by atoms with Gasteiger partial charge >= 0.3 is 0 Å². The Morgan fingerprint density at radius 2 is 2.22 bits per heavy atom. The van der Waals surface area contributed by atoms with Crippen LogP contribution in [0.3, 0.4) is 0 Å². The number of thiophene rings is 1. The second-order valence-corrected chi connectivity index (χ2v) is 5.12. The van der Waals surface area contributed by atoms with Gasteiger partial charge in [0.05, 0.1) is 0 Å². The van der Waals surface area contributed by atoms with E-state index in [-0.39, 0.29) is 11.7 Å². The van der Waals surface area contributed by atoms with Gasteiger partial charge in [0.1, 0.15) is 5.75 Å². The van der Waals surface area contributed by atoms with Crippen LogP contribution in [0, 0.1) is 6.92 Å². The molecular weight excluding hydrogens is 246 g/mol. The minimum atomic E-state index is -0.151. The van der Waals surface area contributed by atoms with Crippen molar-refractivity contribution in [2.24, 2.45) is 0 Å². The molecule has 2 aromatic rings. The molecule has 94 valence electrons. The fourth-order valence-electron chi connectivity index (χ4n) is 1.61. The van der Waals surface area contributed by atoms with Gasteiger partial charge in [-0.2, -0.15) is 0 Å². The number of amides is 1. The van der Waals surface area contributed by atoms with E-state index >= 15 is 0 Å². The number of hydrogen-bond donors (Lipinski definition) is 2. The summed E-state index contributed by atoms with van der Waals surface area (Å²) in [5.41, 5.74) is 1.26. The van der Waals surface area contributed by atoms with Crippen molar-refractivity contribution in [3.8, 4) is 5.75 Å². The normalized spacial score (nSPS) is 10.3. The van der Waals surface area contributed by atoms with Gasteiger partial charge in [0.25, 0.3) is 5.91 Å². The molecule has 0 atom stereocenters. The van der Waals surface area contributed by atoms with Crippen molar-refractivity contribution in [1.29, 1.82) is 0 Å². The van der Waals surface area contributed by atoms with Gasteiger partial charge in [0.2, 0.25) is 0 Å². The molecule has 18 heavy (non-hydrogen) atoms. The van der Waals surface area contributed by atoms with Gasteiger partial charge in [-0.3, -0.25) is 4.79 Å². The van der Waals surface area contributed by atoms with E-state index < -0.39 is 0 Å². The van der Waals surface area contributed by atoms with Crippen molar-refractivity contribution >= 4 is 17.2 Å². The van der Waals surface area contributed by atoms with Crippen molar-refractivity contribution < 1.29 is 9.90 Å². The van der Waals surface area contributed by atoms with E-state index in [0.717, 1.165) is 12.0 Å². The number of carbonyl (C=O) groups excluding carboxylic acids is 1. The molecule has 0 spiro atoms.